The number of carbonyl (C=O) groups excluding carboxylic acids is 3. The number of nitrogens with one attached hydrogen (secondary N) is 1. The van der Waals surface area contributed by atoms with Crippen molar-refractivity contribution in [2.45, 2.75) is 51.9 Å². The molecule has 1 saturated heterocycles. The number of benzene rings is 1. The molecule has 2 amide bonds. The Kier molecular flexibility index (Phi) is 9.65. The Balaban J connectivity index is 0.00000363. The van der Waals surface area contributed by atoms with Crippen LogP contribution < -0.4 is 22.3 Å². The van der Waals surface area contributed by atoms with E-state index in [2.05, 4.69) is 5.32 Å². The number of nitrogens with zero attached hydrogens (tertiary/aromatic N) is 2. The van der Waals surface area contributed by atoms with Crippen LogP contribution in [-0.4, -0.2) is 41.3 Å². The second-order valence-electron chi connectivity index (χ2n) is 8.13. The van der Waals surface area contributed by atoms with E-state index in [-0.39, 0.29) is 43.2 Å². The summed E-state index contributed by atoms with van der Waals surface area (Å²) in [5.41, 5.74) is 0.869. The van der Waals surface area contributed by atoms with Gasteiger partial charge < -0.3 is 27.4 Å². The molecule has 2 atom stereocenters. The fourth-order valence-electron chi connectivity index (χ4n) is 3.77. The number of Topliss-reactive ketones (excluding diaryl/α,β-unsaturated/α-hetero) is 1. The molecule has 1 aliphatic heterocycles. The van der Waals surface area contributed by atoms with Crippen molar-refractivity contribution in [2.75, 3.05) is 6.54 Å². The second-order valence-corrected chi connectivity index (χ2v) is 8.13. The summed E-state index contributed by atoms with van der Waals surface area (Å²) in [4.78, 5) is 40.1. The number of pyridine rings is 1. The first-order valence-corrected chi connectivity index (χ1v) is 10.7. The third-order valence-electron chi connectivity index (χ3n) is 5.44. The Morgan fingerprint density at radius 3 is 2.41 bits per heavy atom. The molecule has 8 heteroatoms. The molecule has 1 N–H and O–H groups in total. The van der Waals surface area contributed by atoms with Gasteiger partial charge >= 0.3 is 6.09 Å². The number of ketones is 1. The summed E-state index contributed by atoms with van der Waals surface area (Å²) in [6.07, 6.45) is 4.44. The van der Waals surface area contributed by atoms with Crippen molar-refractivity contribution >= 4 is 17.8 Å². The highest BCUT2D eigenvalue weighted by Gasteiger charge is 2.39. The van der Waals surface area contributed by atoms with Gasteiger partial charge in [-0.3, -0.25) is 9.59 Å². The smallest absolute Gasteiger partial charge is 0.408 e. The van der Waals surface area contributed by atoms with Crippen molar-refractivity contribution in [1.82, 2.24) is 10.2 Å². The summed E-state index contributed by atoms with van der Waals surface area (Å²) in [5, 5.41) is 2.70. The topological polar surface area (TPSA) is 79.6 Å². The molecule has 2 aromatic rings. The molecule has 32 heavy (non-hydrogen) atoms. The normalized spacial score (nSPS) is 16.2. The van der Waals surface area contributed by atoms with Crippen LogP contribution in [0.15, 0.2) is 60.9 Å². The van der Waals surface area contributed by atoms with E-state index < -0.39 is 18.2 Å². The number of carbonyl (C=O) groups is 3. The van der Waals surface area contributed by atoms with Crippen LogP contribution in [0.2, 0.25) is 0 Å². The van der Waals surface area contributed by atoms with Crippen molar-refractivity contribution in [3.63, 3.8) is 0 Å². The third kappa shape index (κ3) is 6.79. The lowest BCUT2D eigenvalue weighted by Gasteiger charge is -2.29. The molecule has 172 valence electrons. The molecular weight excluding hydrogens is 430 g/mol. The molecule has 0 radical (unpaired) electrons. The fourth-order valence-corrected chi connectivity index (χ4v) is 3.77. The highest BCUT2D eigenvalue weighted by atomic mass is 35.5. The Morgan fingerprint density at radius 2 is 1.75 bits per heavy atom. The van der Waals surface area contributed by atoms with Gasteiger partial charge in [-0.05, 0) is 24.3 Å². The molecule has 1 aliphatic rings. The zero-order valence-electron chi connectivity index (χ0n) is 18.4. The van der Waals surface area contributed by atoms with Crippen LogP contribution in [0, 0.1) is 5.92 Å². The summed E-state index contributed by atoms with van der Waals surface area (Å²) in [6.45, 7) is 4.59. The molecule has 0 aliphatic carbocycles. The lowest BCUT2D eigenvalue weighted by atomic mass is 10.0. The first-order chi connectivity index (χ1) is 15.0. The van der Waals surface area contributed by atoms with Crippen LogP contribution in [0.4, 0.5) is 4.79 Å². The predicted octanol–water partition coefficient (Wildman–Crippen LogP) is -0.511. The number of likely N-dealkylation sites (tertiary alicyclic amines) is 1. The fraction of sp³-hybridized carbons (Fsp3) is 0.417. The number of hydrogen-bond acceptors (Lipinski definition) is 4. The molecule has 0 saturated carbocycles. The Morgan fingerprint density at radius 1 is 1.09 bits per heavy atom. The van der Waals surface area contributed by atoms with Gasteiger partial charge in [-0.25, -0.2) is 4.79 Å². The molecule has 3 rings (SSSR count). The first kappa shape index (κ1) is 25.3. The summed E-state index contributed by atoms with van der Waals surface area (Å²) in [7, 11) is 0. The van der Waals surface area contributed by atoms with Gasteiger partial charge in [-0.15, -0.1) is 0 Å². The van der Waals surface area contributed by atoms with Crippen molar-refractivity contribution < 1.29 is 36.1 Å². The second kappa shape index (κ2) is 12.2. The molecule has 2 heterocycles. The van der Waals surface area contributed by atoms with E-state index in [0.29, 0.717) is 13.0 Å². The van der Waals surface area contributed by atoms with Crippen LogP contribution in [-0.2, 0) is 27.5 Å². The zero-order valence-corrected chi connectivity index (χ0v) is 19.2. The third-order valence-corrected chi connectivity index (χ3v) is 5.44. The monoisotopic (exact) mass is 459 g/mol. The molecule has 0 spiro atoms. The summed E-state index contributed by atoms with van der Waals surface area (Å²) in [5.74, 6) is -0.381. The summed E-state index contributed by atoms with van der Waals surface area (Å²) >= 11 is 0. The molecular formula is C24H30ClN3O4. The van der Waals surface area contributed by atoms with Crippen LogP contribution >= 0.6 is 0 Å². The van der Waals surface area contributed by atoms with Gasteiger partial charge in [0.05, 0.1) is 6.04 Å². The molecule has 1 aromatic heterocycles. The number of rotatable bonds is 8. The Hall–Kier alpha value is -2.93. The van der Waals surface area contributed by atoms with E-state index >= 15 is 0 Å². The maximum absolute atomic E-state index is 13.3. The van der Waals surface area contributed by atoms with Crippen molar-refractivity contribution in [3.8, 4) is 0 Å². The number of ether oxygens (including phenoxy) is 1. The lowest BCUT2D eigenvalue weighted by molar-refractivity contribution is -0.684. The number of hydrogen-bond donors (Lipinski definition) is 1. The zero-order chi connectivity index (χ0) is 22.2. The quantitative estimate of drug-likeness (QED) is 0.539. The Labute approximate surface area is 195 Å². The van der Waals surface area contributed by atoms with Crippen LogP contribution in [0.5, 0.6) is 0 Å². The Bertz CT molecular complexity index is 893. The minimum atomic E-state index is -0.749. The van der Waals surface area contributed by atoms with Gasteiger partial charge in [0.25, 0.3) is 0 Å². The van der Waals surface area contributed by atoms with Gasteiger partial charge in [0.2, 0.25) is 18.2 Å². The van der Waals surface area contributed by atoms with E-state index in [1.54, 1.807) is 4.90 Å². The maximum atomic E-state index is 13.3. The van der Waals surface area contributed by atoms with Gasteiger partial charge in [0.1, 0.15) is 12.6 Å². The number of amides is 2. The number of aromatic nitrogens is 1. The SMILES string of the molecule is CC(C)C(NC(=O)OCc1ccccc1)C(=O)N1CCCC1C(=O)C[n+]1ccccc1.[Cl-]. The van der Waals surface area contributed by atoms with E-state index in [9.17, 15) is 14.4 Å². The van der Waals surface area contributed by atoms with E-state index in [1.165, 1.54) is 0 Å². The molecule has 7 nitrogen and oxygen atoms in total. The van der Waals surface area contributed by atoms with Gasteiger partial charge in [-0.1, -0.05) is 50.2 Å². The average molecular weight is 460 g/mol. The molecule has 1 aromatic carbocycles. The molecule has 1 fully saturated rings. The maximum Gasteiger partial charge on any atom is 0.408 e. The average Bonchev–Trinajstić information content (AvgIpc) is 3.27. The minimum absolute atomic E-state index is 0. The van der Waals surface area contributed by atoms with Crippen molar-refractivity contribution in [3.05, 3.63) is 66.5 Å². The standard InChI is InChI=1S/C24H29N3O4.ClH/c1-18(2)22(25-24(30)31-17-19-10-5-3-6-11-19)23(29)27-15-9-12-20(27)21(28)16-26-13-7-4-8-14-26;/h3-8,10-11,13-14,18,20,22H,9,12,15-17H2,1-2H3;1H. The summed E-state index contributed by atoms with van der Waals surface area (Å²) in [6, 6.07) is 13.8. The largest absolute Gasteiger partial charge is 1.00 e. The lowest BCUT2D eigenvalue weighted by Crippen LogP contribution is -3.00. The van der Waals surface area contributed by atoms with Gasteiger partial charge in [-0.2, -0.15) is 4.57 Å². The number of halogens is 1. The first-order valence-electron chi connectivity index (χ1n) is 10.7. The predicted molar refractivity (Wildman–Crippen MR) is 115 cm³/mol. The van der Waals surface area contributed by atoms with E-state index in [1.807, 2.05) is 79.3 Å². The van der Waals surface area contributed by atoms with Crippen LogP contribution in [0.1, 0.15) is 32.3 Å². The van der Waals surface area contributed by atoms with E-state index in [0.717, 1.165) is 12.0 Å². The molecule has 2 unspecified atom stereocenters. The number of alkyl carbamates (subject to hydrolysis) is 1. The van der Waals surface area contributed by atoms with Crippen LogP contribution in [0.3, 0.4) is 0 Å². The van der Waals surface area contributed by atoms with Crippen molar-refractivity contribution in [1.29, 1.82) is 0 Å². The molecule has 0 bridgehead atoms. The van der Waals surface area contributed by atoms with Gasteiger partial charge in [0.15, 0.2) is 12.4 Å². The highest BCUT2D eigenvalue weighted by Crippen LogP contribution is 2.21. The van der Waals surface area contributed by atoms with Crippen molar-refractivity contribution in [2.24, 2.45) is 5.92 Å². The van der Waals surface area contributed by atoms with E-state index in [4.69, 9.17) is 4.74 Å². The highest BCUT2D eigenvalue weighted by molar-refractivity contribution is 5.92. The van der Waals surface area contributed by atoms with Crippen LogP contribution in [0.25, 0.3) is 0 Å². The summed E-state index contributed by atoms with van der Waals surface area (Å²) < 4.78 is 7.09. The minimum Gasteiger partial charge on any atom is -1.00 e. The van der Waals surface area contributed by atoms with Gasteiger partial charge in [0, 0.05) is 18.7 Å².